The van der Waals surface area contributed by atoms with Gasteiger partial charge in [-0.15, -0.1) is 0 Å². The molecule has 2 atom stereocenters. The van der Waals surface area contributed by atoms with E-state index in [1.165, 1.54) is 12.1 Å². The summed E-state index contributed by atoms with van der Waals surface area (Å²) in [6.07, 6.45) is 5.20. The van der Waals surface area contributed by atoms with Crippen molar-refractivity contribution < 1.29 is 0 Å². The van der Waals surface area contributed by atoms with Gasteiger partial charge < -0.3 is 0 Å². The largest absolute Gasteiger partial charge is 0.271 e. The van der Waals surface area contributed by atoms with Gasteiger partial charge in [-0.1, -0.05) is 34.6 Å². The quantitative estimate of drug-likeness (QED) is 0.588. The van der Waals surface area contributed by atoms with Gasteiger partial charge in [-0.05, 0) is 36.7 Å². The topological polar surface area (TPSA) is 55.9 Å². The van der Waals surface area contributed by atoms with Crippen LogP contribution in [0.15, 0.2) is 12.3 Å². The Morgan fingerprint density at radius 2 is 2.11 bits per heavy atom. The van der Waals surface area contributed by atoms with E-state index >= 15 is 0 Å². The van der Waals surface area contributed by atoms with Gasteiger partial charge >= 0.3 is 0 Å². The Balaban J connectivity index is 2.69. The zero-order valence-electron chi connectivity index (χ0n) is 13.1. The molecule has 0 spiro atoms. The molecule has 0 fully saturated rings. The van der Waals surface area contributed by atoms with Gasteiger partial charge in [-0.3, -0.25) is 16.0 Å². The summed E-state index contributed by atoms with van der Waals surface area (Å²) in [5.74, 6) is 6.38. The fraction of sp³-hybridized carbons (Fsp3) is 0.800. The summed E-state index contributed by atoms with van der Waals surface area (Å²) >= 11 is 0. The minimum absolute atomic E-state index is 0.186. The average Bonchev–Trinajstić information content (AvgIpc) is 2.72. The number of aryl methyl sites for hydroxylation is 1. The molecule has 1 rings (SSSR count). The van der Waals surface area contributed by atoms with Gasteiger partial charge in [0.15, 0.2) is 0 Å². The second-order valence-corrected chi connectivity index (χ2v) is 6.80. The van der Waals surface area contributed by atoms with Gasteiger partial charge in [0.1, 0.15) is 0 Å². The molecule has 0 aromatic carbocycles. The lowest BCUT2D eigenvalue weighted by molar-refractivity contribution is 0.272. The zero-order chi connectivity index (χ0) is 14.5. The number of nitrogens with zero attached hydrogens (tertiary/aromatic N) is 2. The van der Waals surface area contributed by atoms with Crippen molar-refractivity contribution in [1.82, 2.24) is 15.2 Å². The maximum absolute atomic E-state index is 5.75. The van der Waals surface area contributed by atoms with Crippen LogP contribution in [0, 0.1) is 11.3 Å². The van der Waals surface area contributed by atoms with Crippen LogP contribution in [0.1, 0.15) is 65.6 Å². The van der Waals surface area contributed by atoms with Crippen LogP contribution in [-0.2, 0) is 6.54 Å². The fourth-order valence-corrected chi connectivity index (χ4v) is 2.84. The molecule has 0 amide bonds. The van der Waals surface area contributed by atoms with Crippen LogP contribution in [0.4, 0.5) is 0 Å². The first-order valence-electron chi connectivity index (χ1n) is 7.35. The van der Waals surface area contributed by atoms with E-state index in [-0.39, 0.29) is 6.04 Å². The molecule has 0 radical (unpaired) electrons. The van der Waals surface area contributed by atoms with Gasteiger partial charge in [0.25, 0.3) is 0 Å². The van der Waals surface area contributed by atoms with Crippen molar-refractivity contribution in [2.45, 2.75) is 66.5 Å². The molecule has 0 saturated heterocycles. The number of hydrogen-bond donors (Lipinski definition) is 2. The molecule has 0 aliphatic rings. The normalized spacial score (nSPS) is 15.5. The van der Waals surface area contributed by atoms with E-state index in [1.807, 2.05) is 6.20 Å². The van der Waals surface area contributed by atoms with E-state index in [4.69, 9.17) is 5.84 Å². The van der Waals surface area contributed by atoms with Crippen LogP contribution in [-0.4, -0.2) is 9.78 Å². The molecular weight excluding hydrogens is 236 g/mol. The van der Waals surface area contributed by atoms with Gasteiger partial charge in [-0.2, -0.15) is 5.10 Å². The number of hydrogen-bond acceptors (Lipinski definition) is 3. The summed E-state index contributed by atoms with van der Waals surface area (Å²) in [6, 6.07) is 2.26. The molecule has 19 heavy (non-hydrogen) atoms. The molecule has 1 aromatic rings. The van der Waals surface area contributed by atoms with Crippen molar-refractivity contribution >= 4 is 0 Å². The highest BCUT2D eigenvalue weighted by molar-refractivity contribution is 5.07. The number of hydrazine groups is 1. The Kier molecular flexibility index (Phi) is 6.01. The van der Waals surface area contributed by atoms with Crippen molar-refractivity contribution in [3.05, 3.63) is 18.0 Å². The Labute approximate surface area is 117 Å². The molecule has 1 aromatic heterocycles. The Bertz CT molecular complexity index is 364. The fourth-order valence-electron chi connectivity index (χ4n) is 2.84. The summed E-state index contributed by atoms with van der Waals surface area (Å²) in [6.45, 7) is 12.3. The number of aromatic nitrogens is 2. The maximum atomic E-state index is 5.75. The van der Waals surface area contributed by atoms with Crippen LogP contribution in [0.2, 0.25) is 0 Å². The summed E-state index contributed by atoms with van der Waals surface area (Å²) in [4.78, 5) is 0. The van der Waals surface area contributed by atoms with Crippen molar-refractivity contribution in [3.8, 4) is 0 Å². The third-order valence-corrected chi connectivity index (χ3v) is 3.34. The second-order valence-electron chi connectivity index (χ2n) is 6.80. The molecule has 110 valence electrons. The summed E-state index contributed by atoms with van der Waals surface area (Å²) in [5, 5.41) is 4.38. The van der Waals surface area contributed by atoms with E-state index < -0.39 is 0 Å². The lowest BCUT2D eigenvalue weighted by atomic mass is 9.82. The Hall–Kier alpha value is -0.870. The van der Waals surface area contributed by atoms with E-state index in [2.05, 4.69) is 55.9 Å². The standard InChI is InChI=1S/C15H30N4/c1-6-9-19-14(7-8-17-19)13(18-16)10-12(2)11-15(3,4)5/h7-8,12-13,18H,6,9-11,16H2,1-5H3. The van der Waals surface area contributed by atoms with Crippen LogP contribution < -0.4 is 11.3 Å². The molecule has 0 bridgehead atoms. The third kappa shape index (κ3) is 5.33. The predicted molar refractivity (Wildman–Crippen MR) is 80.4 cm³/mol. The SMILES string of the molecule is CCCn1nccc1C(CC(C)CC(C)(C)C)NN. The average molecular weight is 266 g/mol. The molecule has 4 nitrogen and oxygen atoms in total. The van der Waals surface area contributed by atoms with Crippen LogP contribution in [0.25, 0.3) is 0 Å². The van der Waals surface area contributed by atoms with Gasteiger partial charge in [0.2, 0.25) is 0 Å². The molecular formula is C15H30N4. The molecule has 2 unspecified atom stereocenters. The Morgan fingerprint density at radius 1 is 1.42 bits per heavy atom. The van der Waals surface area contributed by atoms with Gasteiger partial charge in [0, 0.05) is 12.7 Å². The highest BCUT2D eigenvalue weighted by atomic mass is 15.3. The molecule has 0 aliphatic carbocycles. The number of rotatable bonds is 7. The van der Waals surface area contributed by atoms with Crippen molar-refractivity contribution in [2.75, 3.05) is 0 Å². The molecule has 0 saturated carbocycles. The zero-order valence-corrected chi connectivity index (χ0v) is 13.1. The highest BCUT2D eigenvalue weighted by Gasteiger charge is 2.21. The van der Waals surface area contributed by atoms with Crippen molar-refractivity contribution in [2.24, 2.45) is 17.2 Å². The lowest BCUT2D eigenvalue weighted by Gasteiger charge is -2.26. The van der Waals surface area contributed by atoms with E-state index in [0.29, 0.717) is 11.3 Å². The summed E-state index contributed by atoms with van der Waals surface area (Å²) < 4.78 is 2.06. The van der Waals surface area contributed by atoms with E-state index in [9.17, 15) is 0 Å². The van der Waals surface area contributed by atoms with Crippen molar-refractivity contribution in [1.29, 1.82) is 0 Å². The third-order valence-electron chi connectivity index (χ3n) is 3.34. The molecule has 1 heterocycles. The Morgan fingerprint density at radius 3 is 2.63 bits per heavy atom. The minimum atomic E-state index is 0.186. The summed E-state index contributed by atoms with van der Waals surface area (Å²) in [5.41, 5.74) is 4.52. The summed E-state index contributed by atoms with van der Waals surface area (Å²) in [7, 11) is 0. The van der Waals surface area contributed by atoms with Crippen LogP contribution >= 0.6 is 0 Å². The van der Waals surface area contributed by atoms with E-state index in [1.54, 1.807) is 0 Å². The van der Waals surface area contributed by atoms with Gasteiger partial charge in [-0.25, -0.2) is 0 Å². The highest BCUT2D eigenvalue weighted by Crippen LogP contribution is 2.30. The first kappa shape index (κ1) is 16.2. The van der Waals surface area contributed by atoms with E-state index in [0.717, 1.165) is 19.4 Å². The van der Waals surface area contributed by atoms with Crippen LogP contribution in [0.3, 0.4) is 0 Å². The lowest BCUT2D eigenvalue weighted by Crippen LogP contribution is -2.31. The monoisotopic (exact) mass is 266 g/mol. The van der Waals surface area contributed by atoms with Crippen molar-refractivity contribution in [3.63, 3.8) is 0 Å². The van der Waals surface area contributed by atoms with Gasteiger partial charge in [0.05, 0.1) is 11.7 Å². The molecule has 3 N–H and O–H groups in total. The number of nitrogens with one attached hydrogen (secondary N) is 1. The number of nitrogens with two attached hydrogens (primary N) is 1. The first-order valence-corrected chi connectivity index (χ1v) is 7.35. The smallest absolute Gasteiger partial charge is 0.0631 e. The van der Waals surface area contributed by atoms with Crippen LogP contribution in [0.5, 0.6) is 0 Å². The predicted octanol–water partition coefficient (Wildman–Crippen LogP) is 3.26. The second kappa shape index (κ2) is 7.06. The molecule has 4 heteroatoms. The first-order chi connectivity index (χ1) is 8.87. The minimum Gasteiger partial charge on any atom is -0.271 e. The maximum Gasteiger partial charge on any atom is 0.0631 e. The molecule has 0 aliphatic heterocycles.